The molecule has 1 heterocycles. The van der Waals surface area contributed by atoms with Crippen LogP contribution < -0.4 is 5.32 Å². The van der Waals surface area contributed by atoms with E-state index in [9.17, 15) is 9.90 Å². The average molecular weight is 280 g/mol. The lowest BCUT2D eigenvalue weighted by Gasteiger charge is -2.06. The Morgan fingerprint density at radius 2 is 2.26 bits per heavy atom. The predicted octanol–water partition coefficient (Wildman–Crippen LogP) is 2.02. The van der Waals surface area contributed by atoms with Crippen molar-refractivity contribution in [2.24, 2.45) is 7.05 Å². The van der Waals surface area contributed by atoms with Crippen molar-refractivity contribution < 1.29 is 9.90 Å². The lowest BCUT2D eigenvalue weighted by molar-refractivity contribution is 0.0948. The van der Waals surface area contributed by atoms with E-state index in [-0.39, 0.29) is 17.2 Å². The Balaban J connectivity index is 2.09. The van der Waals surface area contributed by atoms with Gasteiger partial charge in [0.15, 0.2) is 0 Å². The van der Waals surface area contributed by atoms with Crippen LogP contribution in [0.25, 0.3) is 0 Å². The van der Waals surface area contributed by atoms with Gasteiger partial charge in [-0.05, 0) is 25.1 Å². The number of aryl methyl sites for hydroxylation is 2. The summed E-state index contributed by atoms with van der Waals surface area (Å²) in [6.45, 7) is 2.23. The summed E-state index contributed by atoms with van der Waals surface area (Å²) in [6.07, 6.45) is 1.84. The van der Waals surface area contributed by atoms with Gasteiger partial charge in [0.2, 0.25) is 0 Å². The van der Waals surface area contributed by atoms with Gasteiger partial charge < -0.3 is 10.4 Å². The van der Waals surface area contributed by atoms with Crippen LogP contribution in [0.15, 0.2) is 24.4 Å². The number of phenols is 1. The number of halogens is 1. The number of amides is 1. The van der Waals surface area contributed by atoms with E-state index in [0.717, 1.165) is 11.3 Å². The topological polar surface area (TPSA) is 67.2 Å². The van der Waals surface area contributed by atoms with Gasteiger partial charge in [-0.25, -0.2) is 0 Å². The number of hydrogen-bond acceptors (Lipinski definition) is 3. The minimum Gasteiger partial charge on any atom is -0.507 e. The van der Waals surface area contributed by atoms with Crippen molar-refractivity contribution in [1.82, 2.24) is 15.1 Å². The minimum absolute atomic E-state index is 0.0928. The molecule has 1 aromatic heterocycles. The first-order valence-electron chi connectivity index (χ1n) is 5.73. The van der Waals surface area contributed by atoms with Crippen LogP contribution in [0, 0.1) is 6.92 Å². The highest BCUT2D eigenvalue weighted by Crippen LogP contribution is 2.21. The van der Waals surface area contributed by atoms with Gasteiger partial charge in [0.1, 0.15) is 5.75 Å². The number of aromatic hydroxyl groups is 1. The zero-order valence-electron chi connectivity index (χ0n) is 10.6. The van der Waals surface area contributed by atoms with Crippen LogP contribution in [-0.2, 0) is 13.6 Å². The van der Waals surface area contributed by atoms with Crippen molar-refractivity contribution in [2.45, 2.75) is 13.5 Å². The summed E-state index contributed by atoms with van der Waals surface area (Å²) in [5.41, 5.74) is 1.95. The van der Waals surface area contributed by atoms with Gasteiger partial charge in [-0.15, -0.1) is 0 Å². The monoisotopic (exact) mass is 279 g/mol. The molecule has 0 fully saturated rings. The normalized spacial score (nSPS) is 10.5. The van der Waals surface area contributed by atoms with E-state index < -0.39 is 0 Å². The lowest BCUT2D eigenvalue weighted by atomic mass is 10.2. The van der Waals surface area contributed by atoms with Crippen LogP contribution in [0.2, 0.25) is 5.02 Å². The molecule has 1 amide bonds. The molecule has 0 aliphatic rings. The van der Waals surface area contributed by atoms with Crippen LogP contribution in [0.3, 0.4) is 0 Å². The molecule has 0 spiro atoms. The number of rotatable bonds is 3. The molecule has 2 rings (SSSR count). The molecule has 2 aromatic rings. The second-order valence-corrected chi connectivity index (χ2v) is 4.69. The molecular formula is C13H14ClN3O2. The van der Waals surface area contributed by atoms with Crippen LogP contribution in [0.1, 0.15) is 21.6 Å². The van der Waals surface area contributed by atoms with Crippen molar-refractivity contribution in [1.29, 1.82) is 0 Å². The summed E-state index contributed by atoms with van der Waals surface area (Å²) in [5.74, 6) is -0.465. The number of nitrogens with one attached hydrogen (secondary N) is 1. The molecule has 0 aliphatic heterocycles. The Morgan fingerprint density at radius 3 is 2.89 bits per heavy atom. The minimum atomic E-state index is -0.372. The maximum absolute atomic E-state index is 12.0. The van der Waals surface area contributed by atoms with Gasteiger partial charge in [-0.1, -0.05) is 11.6 Å². The fourth-order valence-corrected chi connectivity index (χ4v) is 1.96. The number of carbonyl (C=O) groups excluding carboxylic acids is 1. The van der Waals surface area contributed by atoms with Crippen molar-refractivity contribution in [3.63, 3.8) is 0 Å². The molecule has 5 nitrogen and oxygen atoms in total. The van der Waals surface area contributed by atoms with Crippen molar-refractivity contribution in [3.05, 3.63) is 46.2 Å². The molecule has 0 radical (unpaired) electrons. The first-order valence-corrected chi connectivity index (χ1v) is 6.11. The van der Waals surface area contributed by atoms with Gasteiger partial charge >= 0.3 is 0 Å². The Bertz CT molecular complexity index is 622. The molecule has 0 atom stereocenters. The molecule has 0 saturated carbocycles. The second-order valence-electron chi connectivity index (χ2n) is 4.26. The molecule has 19 heavy (non-hydrogen) atoms. The maximum Gasteiger partial charge on any atom is 0.255 e. The smallest absolute Gasteiger partial charge is 0.255 e. The molecule has 1 aromatic carbocycles. The summed E-state index contributed by atoms with van der Waals surface area (Å²) in [4.78, 5) is 12.0. The van der Waals surface area contributed by atoms with Crippen molar-refractivity contribution in [3.8, 4) is 5.75 Å². The third-order valence-corrected chi connectivity index (χ3v) is 2.99. The summed E-state index contributed by atoms with van der Waals surface area (Å²) in [7, 11) is 1.82. The standard InChI is InChI=1S/C13H14ClN3O2/c1-8-9(7-17(2)16-8)6-15-13(19)11-5-10(14)3-4-12(11)18/h3-5,7,18H,6H2,1-2H3,(H,15,19). The number of hydrogen-bond donors (Lipinski definition) is 2. The third-order valence-electron chi connectivity index (χ3n) is 2.76. The van der Waals surface area contributed by atoms with Gasteiger partial charge in [0.05, 0.1) is 11.3 Å². The van der Waals surface area contributed by atoms with Gasteiger partial charge in [-0.3, -0.25) is 9.48 Å². The summed E-state index contributed by atoms with van der Waals surface area (Å²) in [6, 6.07) is 4.35. The van der Waals surface area contributed by atoms with E-state index in [1.54, 1.807) is 4.68 Å². The molecular weight excluding hydrogens is 266 g/mol. The molecule has 0 saturated heterocycles. The summed E-state index contributed by atoms with van der Waals surface area (Å²) >= 11 is 5.80. The van der Waals surface area contributed by atoms with Gasteiger partial charge in [-0.2, -0.15) is 5.10 Å². The first kappa shape index (κ1) is 13.4. The van der Waals surface area contributed by atoms with E-state index in [1.165, 1.54) is 18.2 Å². The van der Waals surface area contributed by atoms with Gasteiger partial charge in [0.25, 0.3) is 5.91 Å². The highest BCUT2D eigenvalue weighted by Gasteiger charge is 2.12. The van der Waals surface area contributed by atoms with Crippen molar-refractivity contribution in [2.75, 3.05) is 0 Å². The number of aromatic nitrogens is 2. The maximum atomic E-state index is 12.0. The predicted molar refractivity (Wildman–Crippen MR) is 72.2 cm³/mol. The van der Waals surface area contributed by atoms with Gasteiger partial charge in [0, 0.05) is 30.4 Å². The Hall–Kier alpha value is -2.01. The zero-order valence-corrected chi connectivity index (χ0v) is 11.4. The van der Waals surface area contributed by atoms with Crippen LogP contribution >= 0.6 is 11.6 Å². The van der Waals surface area contributed by atoms with E-state index in [4.69, 9.17) is 11.6 Å². The molecule has 100 valence electrons. The van der Waals surface area contributed by atoms with Crippen molar-refractivity contribution >= 4 is 17.5 Å². The lowest BCUT2D eigenvalue weighted by Crippen LogP contribution is -2.23. The Morgan fingerprint density at radius 1 is 1.53 bits per heavy atom. The quantitative estimate of drug-likeness (QED) is 0.903. The van der Waals surface area contributed by atoms with E-state index in [0.29, 0.717) is 11.6 Å². The van der Waals surface area contributed by atoms with E-state index >= 15 is 0 Å². The molecule has 6 heteroatoms. The summed E-state index contributed by atoms with van der Waals surface area (Å²) < 4.78 is 1.69. The SMILES string of the molecule is Cc1nn(C)cc1CNC(=O)c1cc(Cl)ccc1O. The second kappa shape index (κ2) is 5.32. The molecule has 0 aliphatic carbocycles. The third kappa shape index (κ3) is 3.06. The van der Waals surface area contributed by atoms with E-state index in [1.807, 2.05) is 20.2 Å². The van der Waals surface area contributed by atoms with Crippen LogP contribution in [0.5, 0.6) is 5.75 Å². The number of benzene rings is 1. The average Bonchev–Trinajstić information content (AvgIpc) is 2.68. The number of carbonyl (C=O) groups is 1. The molecule has 0 unspecified atom stereocenters. The fraction of sp³-hybridized carbons (Fsp3) is 0.231. The molecule has 2 N–H and O–H groups in total. The van der Waals surface area contributed by atoms with E-state index in [2.05, 4.69) is 10.4 Å². The van der Waals surface area contributed by atoms with Crippen LogP contribution in [-0.4, -0.2) is 20.8 Å². The Labute approximate surface area is 115 Å². The first-order chi connectivity index (χ1) is 8.97. The largest absolute Gasteiger partial charge is 0.507 e. The zero-order chi connectivity index (χ0) is 14.0. The fourth-order valence-electron chi connectivity index (χ4n) is 1.78. The number of phenolic OH excluding ortho intramolecular Hbond substituents is 1. The molecule has 0 bridgehead atoms. The highest BCUT2D eigenvalue weighted by molar-refractivity contribution is 6.31. The Kier molecular flexibility index (Phi) is 3.76. The number of nitrogens with zero attached hydrogens (tertiary/aromatic N) is 2. The highest BCUT2D eigenvalue weighted by atomic mass is 35.5. The van der Waals surface area contributed by atoms with Crippen LogP contribution in [0.4, 0.5) is 0 Å². The summed E-state index contributed by atoms with van der Waals surface area (Å²) in [5, 5.41) is 16.9.